The normalized spacial score (nSPS) is 23.5. The number of piperazine rings is 1. The lowest BCUT2D eigenvalue weighted by Gasteiger charge is -2.37. The number of esters is 1. The predicted molar refractivity (Wildman–Crippen MR) is 94.5 cm³/mol. The zero-order valence-corrected chi connectivity index (χ0v) is 14.9. The molecule has 0 aromatic heterocycles. The molecule has 0 spiro atoms. The lowest BCUT2D eigenvalue weighted by atomic mass is 9.98. The lowest BCUT2D eigenvalue weighted by molar-refractivity contribution is -0.147. The van der Waals surface area contributed by atoms with Crippen molar-refractivity contribution in [3.05, 3.63) is 35.4 Å². The second kappa shape index (κ2) is 7.09. The number of fused-ring (bicyclic) bond motifs is 1. The number of carbonyl (C=O) groups is 3. The molecule has 1 aromatic carbocycles. The van der Waals surface area contributed by atoms with Gasteiger partial charge in [0, 0.05) is 38.5 Å². The molecule has 0 radical (unpaired) electrons. The van der Waals surface area contributed by atoms with E-state index in [0.29, 0.717) is 38.2 Å². The van der Waals surface area contributed by atoms with Crippen molar-refractivity contribution in [3.63, 3.8) is 0 Å². The van der Waals surface area contributed by atoms with E-state index >= 15 is 0 Å². The van der Waals surface area contributed by atoms with Crippen molar-refractivity contribution in [2.75, 3.05) is 26.2 Å². The van der Waals surface area contributed by atoms with Crippen LogP contribution in [0.3, 0.4) is 0 Å². The summed E-state index contributed by atoms with van der Waals surface area (Å²) in [5, 5.41) is 0. The molecule has 0 N–H and O–H groups in total. The van der Waals surface area contributed by atoms with Crippen LogP contribution < -0.4 is 0 Å². The van der Waals surface area contributed by atoms with E-state index in [1.807, 2.05) is 17.0 Å². The summed E-state index contributed by atoms with van der Waals surface area (Å²) in [5.41, 5.74) is 1.40. The Balaban J connectivity index is 1.35. The Hall–Kier alpha value is -2.37. The van der Waals surface area contributed by atoms with Crippen molar-refractivity contribution in [2.45, 2.75) is 38.2 Å². The van der Waals surface area contributed by atoms with E-state index in [2.05, 4.69) is 0 Å². The van der Waals surface area contributed by atoms with Gasteiger partial charge >= 0.3 is 5.97 Å². The SMILES string of the molecule is O=C1O[C@H](C(=O)N2CCN(C(=O)C3CCCC3)CC2)Cc2ccccc21. The smallest absolute Gasteiger partial charge is 0.339 e. The van der Waals surface area contributed by atoms with E-state index in [-0.39, 0.29) is 17.7 Å². The van der Waals surface area contributed by atoms with Gasteiger partial charge in [0.2, 0.25) is 5.91 Å². The number of carbonyl (C=O) groups excluding carboxylic acids is 3. The number of ether oxygens (including phenoxy) is 1. The van der Waals surface area contributed by atoms with Crippen molar-refractivity contribution in [1.82, 2.24) is 9.80 Å². The molecule has 1 saturated heterocycles. The summed E-state index contributed by atoms with van der Waals surface area (Å²) in [5.74, 6) is -0.165. The maximum atomic E-state index is 12.8. The van der Waals surface area contributed by atoms with Crippen molar-refractivity contribution in [3.8, 4) is 0 Å². The molecule has 1 aromatic rings. The Morgan fingerprint density at radius 3 is 2.23 bits per heavy atom. The van der Waals surface area contributed by atoms with Gasteiger partial charge in [0.05, 0.1) is 5.56 Å². The number of rotatable bonds is 2. The average molecular weight is 356 g/mol. The number of nitrogens with zero attached hydrogens (tertiary/aromatic N) is 2. The molecule has 2 amide bonds. The molecule has 1 saturated carbocycles. The fourth-order valence-electron chi connectivity index (χ4n) is 4.25. The summed E-state index contributed by atoms with van der Waals surface area (Å²) >= 11 is 0. The van der Waals surface area contributed by atoms with Gasteiger partial charge in [0.1, 0.15) is 0 Å². The minimum absolute atomic E-state index is 0.152. The van der Waals surface area contributed by atoms with E-state index in [0.717, 1.165) is 31.2 Å². The van der Waals surface area contributed by atoms with Crippen LogP contribution in [0.2, 0.25) is 0 Å². The number of benzene rings is 1. The van der Waals surface area contributed by atoms with E-state index < -0.39 is 12.1 Å². The van der Waals surface area contributed by atoms with Crippen LogP contribution in [0.15, 0.2) is 24.3 Å². The predicted octanol–water partition coefficient (Wildman–Crippen LogP) is 1.63. The van der Waals surface area contributed by atoms with Crippen LogP contribution in [-0.4, -0.2) is 59.9 Å². The third kappa shape index (κ3) is 3.20. The third-order valence-electron chi connectivity index (χ3n) is 5.77. The Kier molecular flexibility index (Phi) is 4.66. The van der Waals surface area contributed by atoms with Gasteiger partial charge in [0.15, 0.2) is 6.10 Å². The van der Waals surface area contributed by atoms with Gasteiger partial charge < -0.3 is 14.5 Å². The van der Waals surface area contributed by atoms with E-state index in [1.54, 1.807) is 17.0 Å². The van der Waals surface area contributed by atoms with Gasteiger partial charge in [0.25, 0.3) is 5.91 Å². The number of hydrogen-bond acceptors (Lipinski definition) is 4. The minimum atomic E-state index is -0.755. The Labute approximate surface area is 153 Å². The van der Waals surface area contributed by atoms with Gasteiger partial charge in [-0.2, -0.15) is 0 Å². The Morgan fingerprint density at radius 1 is 0.923 bits per heavy atom. The summed E-state index contributed by atoms with van der Waals surface area (Å²) in [6.45, 7) is 2.15. The van der Waals surface area contributed by atoms with E-state index in [9.17, 15) is 14.4 Å². The van der Waals surface area contributed by atoms with Crippen LogP contribution in [0.4, 0.5) is 0 Å². The standard InChI is InChI=1S/C20H24N2O4/c23-18(14-5-1-2-6-14)21-9-11-22(12-10-21)19(24)17-13-15-7-3-4-8-16(15)20(25)26-17/h3-4,7-8,14,17H,1-2,5-6,9-13H2/t17-/m0/s1. The Morgan fingerprint density at radius 2 is 1.54 bits per heavy atom. The van der Waals surface area contributed by atoms with E-state index in [4.69, 9.17) is 4.74 Å². The highest BCUT2D eigenvalue weighted by Gasteiger charge is 2.36. The largest absolute Gasteiger partial charge is 0.448 e. The highest BCUT2D eigenvalue weighted by atomic mass is 16.5. The second-order valence-electron chi connectivity index (χ2n) is 7.39. The van der Waals surface area contributed by atoms with Gasteiger partial charge in [-0.3, -0.25) is 9.59 Å². The monoisotopic (exact) mass is 356 g/mol. The third-order valence-corrected chi connectivity index (χ3v) is 5.77. The van der Waals surface area contributed by atoms with Crippen LogP contribution in [-0.2, 0) is 20.7 Å². The molecule has 3 aliphatic rings. The highest BCUT2D eigenvalue weighted by molar-refractivity contribution is 5.95. The van der Waals surface area contributed by atoms with Crippen molar-refractivity contribution in [1.29, 1.82) is 0 Å². The van der Waals surface area contributed by atoms with Crippen LogP contribution in [0.25, 0.3) is 0 Å². The van der Waals surface area contributed by atoms with Gasteiger partial charge in [-0.05, 0) is 24.5 Å². The number of amides is 2. The van der Waals surface area contributed by atoms with Crippen LogP contribution >= 0.6 is 0 Å². The zero-order chi connectivity index (χ0) is 18.1. The quantitative estimate of drug-likeness (QED) is 0.756. The molecule has 26 heavy (non-hydrogen) atoms. The first-order valence-electron chi connectivity index (χ1n) is 9.50. The molecule has 138 valence electrons. The van der Waals surface area contributed by atoms with E-state index in [1.165, 1.54) is 0 Å². The molecular formula is C20H24N2O4. The molecule has 2 heterocycles. The number of cyclic esters (lactones) is 1. The molecular weight excluding hydrogens is 332 g/mol. The zero-order valence-electron chi connectivity index (χ0n) is 14.9. The molecule has 0 bridgehead atoms. The average Bonchev–Trinajstić information content (AvgIpc) is 3.22. The summed E-state index contributed by atoms with van der Waals surface area (Å²) in [6, 6.07) is 7.26. The van der Waals surface area contributed by atoms with Gasteiger partial charge in [-0.25, -0.2) is 4.79 Å². The molecule has 2 fully saturated rings. The molecule has 6 nitrogen and oxygen atoms in total. The molecule has 1 aliphatic carbocycles. The lowest BCUT2D eigenvalue weighted by Crippen LogP contribution is -2.55. The summed E-state index contributed by atoms with van der Waals surface area (Å²) < 4.78 is 5.37. The minimum Gasteiger partial charge on any atom is -0.448 e. The Bertz CT molecular complexity index is 718. The highest BCUT2D eigenvalue weighted by Crippen LogP contribution is 2.27. The molecule has 4 rings (SSSR count). The van der Waals surface area contributed by atoms with Crippen LogP contribution in [0.5, 0.6) is 0 Å². The molecule has 0 unspecified atom stereocenters. The molecule has 6 heteroatoms. The molecule has 2 aliphatic heterocycles. The van der Waals surface area contributed by atoms with Crippen molar-refractivity contribution < 1.29 is 19.1 Å². The second-order valence-corrected chi connectivity index (χ2v) is 7.39. The summed E-state index contributed by atoms with van der Waals surface area (Å²) in [6.07, 6.45) is 3.94. The number of hydrogen-bond donors (Lipinski definition) is 0. The summed E-state index contributed by atoms with van der Waals surface area (Å²) in [4.78, 5) is 41.0. The topological polar surface area (TPSA) is 66.9 Å². The van der Waals surface area contributed by atoms with Crippen molar-refractivity contribution in [2.24, 2.45) is 5.92 Å². The maximum Gasteiger partial charge on any atom is 0.339 e. The first-order valence-corrected chi connectivity index (χ1v) is 9.50. The summed E-state index contributed by atoms with van der Waals surface area (Å²) in [7, 11) is 0. The van der Waals surface area contributed by atoms with Crippen LogP contribution in [0.1, 0.15) is 41.6 Å². The van der Waals surface area contributed by atoms with Crippen molar-refractivity contribution >= 4 is 17.8 Å². The fraction of sp³-hybridized carbons (Fsp3) is 0.550. The van der Waals surface area contributed by atoms with Gasteiger partial charge in [-0.15, -0.1) is 0 Å². The maximum absolute atomic E-state index is 12.8. The first-order chi connectivity index (χ1) is 12.6. The van der Waals surface area contributed by atoms with Crippen LogP contribution in [0, 0.1) is 5.92 Å². The molecule has 1 atom stereocenters. The van der Waals surface area contributed by atoms with Gasteiger partial charge in [-0.1, -0.05) is 31.0 Å². The first kappa shape index (κ1) is 17.1. The fourth-order valence-corrected chi connectivity index (χ4v) is 4.25.